The van der Waals surface area contributed by atoms with Gasteiger partial charge in [-0.15, -0.1) is 0 Å². The van der Waals surface area contributed by atoms with Crippen LogP contribution in [0.25, 0.3) is 0 Å². The van der Waals surface area contributed by atoms with Crippen molar-refractivity contribution in [3.63, 3.8) is 0 Å². The Kier molecular flexibility index (Phi) is 8.51. The number of halogens is 3. The first kappa shape index (κ1) is 19.3. The van der Waals surface area contributed by atoms with Crippen molar-refractivity contribution in [2.75, 3.05) is 6.61 Å². The molecule has 6 heteroatoms. The third-order valence-electron chi connectivity index (χ3n) is 3.45. The minimum absolute atomic E-state index is 0.196. The normalized spacial score (nSPS) is 11.4. The maximum absolute atomic E-state index is 11.9. The molecule has 23 heavy (non-hydrogen) atoms. The van der Waals surface area contributed by atoms with Crippen LogP contribution in [0.4, 0.5) is 13.2 Å². The SMILES string of the molecule is O=C(O)c1cccc(OCCCCCCCCCC(F)(F)F)c1. The summed E-state index contributed by atoms with van der Waals surface area (Å²) in [5, 5.41) is 8.87. The molecule has 0 aliphatic heterocycles. The van der Waals surface area contributed by atoms with Gasteiger partial charge in [0.15, 0.2) is 0 Å². The van der Waals surface area contributed by atoms with Gasteiger partial charge >= 0.3 is 12.1 Å². The molecule has 0 aliphatic rings. The van der Waals surface area contributed by atoms with Crippen LogP contribution in [0.15, 0.2) is 24.3 Å². The highest BCUT2D eigenvalue weighted by Gasteiger charge is 2.25. The van der Waals surface area contributed by atoms with Crippen LogP contribution in [0.5, 0.6) is 5.75 Å². The van der Waals surface area contributed by atoms with Crippen molar-refractivity contribution < 1.29 is 27.8 Å². The molecule has 0 aromatic heterocycles. The van der Waals surface area contributed by atoms with E-state index in [0.29, 0.717) is 18.8 Å². The Hall–Kier alpha value is -1.72. The van der Waals surface area contributed by atoms with Crippen molar-refractivity contribution in [3.05, 3.63) is 29.8 Å². The van der Waals surface area contributed by atoms with Gasteiger partial charge in [-0.05, 0) is 31.0 Å². The van der Waals surface area contributed by atoms with Gasteiger partial charge in [0.2, 0.25) is 0 Å². The molecule has 0 fully saturated rings. The summed E-state index contributed by atoms with van der Waals surface area (Å²) in [5.74, 6) is -0.446. The highest BCUT2D eigenvalue weighted by Crippen LogP contribution is 2.23. The Balaban J connectivity index is 1.99. The topological polar surface area (TPSA) is 46.5 Å². The molecule has 0 amide bonds. The van der Waals surface area contributed by atoms with Gasteiger partial charge in [-0.25, -0.2) is 4.79 Å². The Labute approximate surface area is 134 Å². The van der Waals surface area contributed by atoms with Gasteiger partial charge in [-0.1, -0.05) is 38.2 Å². The van der Waals surface area contributed by atoms with Crippen molar-refractivity contribution in [1.29, 1.82) is 0 Å². The summed E-state index contributed by atoms with van der Waals surface area (Å²) in [6.45, 7) is 0.511. The lowest BCUT2D eigenvalue weighted by molar-refractivity contribution is -0.135. The largest absolute Gasteiger partial charge is 0.494 e. The van der Waals surface area contributed by atoms with E-state index in [-0.39, 0.29) is 12.0 Å². The second-order valence-electron chi connectivity index (χ2n) is 5.52. The van der Waals surface area contributed by atoms with Crippen molar-refractivity contribution >= 4 is 5.97 Å². The predicted molar refractivity (Wildman–Crippen MR) is 81.9 cm³/mol. The first-order valence-electron chi connectivity index (χ1n) is 7.91. The standard InChI is InChI=1S/C17H23F3O3/c18-17(19,20)11-6-4-2-1-3-5-7-12-23-15-10-8-9-14(13-15)16(21)22/h8-10,13H,1-7,11-12H2,(H,21,22). The molecule has 0 aliphatic carbocycles. The maximum Gasteiger partial charge on any atom is 0.389 e. The molecule has 0 bridgehead atoms. The van der Waals surface area contributed by atoms with E-state index in [1.807, 2.05) is 0 Å². The lowest BCUT2D eigenvalue weighted by atomic mass is 10.1. The first-order chi connectivity index (χ1) is 10.9. The van der Waals surface area contributed by atoms with Crippen molar-refractivity contribution in [2.45, 2.75) is 57.5 Å². The summed E-state index contributed by atoms with van der Waals surface area (Å²) in [4.78, 5) is 10.8. The fourth-order valence-electron chi connectivity index (χ4n) is 2.22. The van der Waals surface area contributed by atoms with Crippen molar-refractivity contribution in [3.8, 4) is 5.75 Å². The maximum atomic E-state index is 11.9. The summed E-state index contributed by atoms with van der Waals surface area (Å²) < 4.78 is 41.3. The van der Waals surface area contributed by atoms with Crippen molar-refractivity contribution in [2.24, 2.45) is 0 Å². The van der Waals surface area contributed by atoms with Crippen LogP contribution < -0.4 is 4.74 Å². The summed E-state index contributed by atoms with van der Waals surface area (Å²) in [5.41, 5.74) is 0.196. The van der Waals surface area contributed by atoms with Crippen LogP contribution >= 0.6 is 0 Å². The molecule has 1 aromatic carbocycles. The molecule has 0 unspecified atom stereocenters. The average molecular weight is 332 g/mol. The van der Waals surface area contributed by atoms with Crippen LogP contribution in [0.3, 0.4) is 0 Å². The van der Waals surface area contributed by atoms with Gasteiger partial charge < -0.3 is 9.84 Å². The zero-order chi connectivity index (χ0) is 17.1. The number of aromatic carboxylic acids is 1. The van der Waals surface area contributed by atoms with Gasteiger partial charge in [-0.3, -0.25) is 0 Å². The van der Waals surface area contributed by atoms with E-state index in [2.05, 4.69) is 0 Å². The predicted octanol–water partition coefficient (Wildman–Crippen LogP) is 5.45. The second kappa shape index (κ2) is 10.1. The molecule has 0 heterocycles. The number of carboxylic acid groups (broad SMARTS) is 1. The number of benzene rings is 1. The number of hydrogen-bond acceptors (Lipinski definition) is 2. The molecule has 1 aromatic rings. The average Bonchev–Trinajstić information content (AvgIpc) is 2.48. The Morgan fingerprint density at radius 2 is 1.61 bits per heavy atom. The van der Waals surface area contributed by atoms with E-state index < -0.39 is 18.6 Å². The van der Waals surface area contributed by atoms with Crippen LogP contribution in [0.2, 0.25) is 0 Å². The highest BCUT2D eigenvalue weighted by atomic mass is 19.4. The van der Waals surface area contributed by atoms with Gasteiger partial charge in [0.1, 0.15) is 5.75 Å². The second-order valence-corrected chi connectivity index (χ2v) is 5.52. The molecule has 0 atom stereocenters. The molecule has 0 saturated heterocycles. The van der Waals surface area contributed by atoms with Crippen LogP contribution in [-0.2, 0) is 0 Å². The van der Waals surface area contributed by atoms with E-state index in [1.165, 1.54) is 12.1 Å². The summed E-state index contributed by atoms with van der Waals surface area (Å²) in [6.07, 6.45) is 0.669. The molecule has 0 saturated carbocycles. The number of carbonyl (C=O) groups is 1. The highest BCUT2D eigenvalue weighted by molar-refractivity contribution is 5.87. The quantitative estimate of drug-likeness (QED) is 0.548. The fraction of sp³-hybridized carbons (Fsp3) is 0.588. The van der Waals surface area contributed by atoms with E-state index >= 15 is 0 Å². The molecule has 1 N–H and O–H groups in total. The monoisotopic (exact) mass is 332 g/mol. The zero-order valence-corrected chi connectivity index (χ0v) is 13.1. The third kappa shape index (κ3) is 9.81. The number of hydrogen-bond donors (Lipinski definition) is 1. The van der Waals surface area contributed by atoms with Gasteiger partial charge in [0.25, 0.3) is 0 Å². The van der Waals surface area contributed by atoms with E-state index in [0.717, 1.165) is 32.1 Å². The number of carboxylic acids is 1. The minimum Gasteiger partial charge on any atom is -0.494 e. The fourth-order valence-corrected chi connectivity index (χ4v) is 2.22. The number of rotatable bonds is 11. The van der Waals surface area contributed by atoms with Gasteiger partial charge in [0, 0.05) is 6.42 Å². The molecular formula is C17H23F3O3. The molecule has 0 spiro atoms. The molecule has 3 nitrogen and oxygen atoms in total. The van der Waals surface area contributed by atoms with E-state index in [9.17, 15) is 18.0 Å². The lowest BCUT2D eigenvalue weighted by Crippen LogP contribution is -2.06. The summed E-state index contributed by atoms with van der Waals surface area (Å²) >= 11 is 0. The zero-order valence-electron chi connectivity index (χ0n) is 13.1. The van der Waals surface area contributed by atoms with Crippen molar-refractivity contribution in [1.82, 2.24) is 0 Å². The number of ether oxygens (including phenoxy) is 1. The van der Waals surface area contributed by atoms with Crippen LogP contribution in [-0.4, -0.2) is 23.9 Å². The minimum atomic E-state index is -4.03. The summed E-state index contributed by atoms with van der Waals surface area (Å²) in [7, 11) is 0. The van der Waals surface area contributed by atoms with Crippen LogP contribution in [0, 0.1) is 0 Å². The number of unbranched alkanes of at least 4 members (excludes halogenated alkanes) is 6. The Bertz CT molecular complexity index is 472. The number of alkyl halides is 3. The van der Waals surface area contributed by atoms with Crippen LogP contribution in [0.1, 0.15) is 61.7 Å². The molecular weight excluding hydrogens is 309 g/mol. The van der Waals surface area contributed by atoms with E-state index in [1.54, 1.807) is 12.1 Å². The smallest absolute Gasteiger partial charge is 0.389 e. The van der Waals surface area contributed by atoms with Gasteiger partial charge in [-0.2, -0.15) is 13.2 Å². The summed E-state index contributed by atoms with van der Waals surface area (Å²) in [6, 6.07) is 6.35. The Morgan fingerprint density at radius 3 is 2.22 bits per heavy atom. The third-order valence-corrected chi connectivity index (χ3v) is 3.45. The van der Waals surface area contributed by atoms with Gasteiger partial charge in [0.05, 0.1) is 12.2 Å². The molecule has 130 valence electrons. The lowest BCUT2D eigenvalue weighted by Gasteiger charge is -2.07. The molecule has 1 rings (SSSR count). The van der Waals surface area contributed by atoms with E-state index in [4.69, 9.17) is 9.84 Å². The first-order valence-corrected chi connectivity index (χ1v) is 7.91. The molecule has 0 radical (unpaired) electrons. The Morgan fingerprint density at radius 1 is 1.00 bits per heavy atom.